The molecule has 2 rings (SSSR count). The van der Waals surface area contributed by atoms with E-state index in [4.69, 9.17) is 4.74 Å². The van der Waals surface area contributed by atoms with Gasteiger partial charge in [0.25, 0.3) is 0 Å². The van der Waals surface area contributed by atoms with Crippen LogP contribution in [0.25, 0.3) is 0 Å². The Hall–Kier alpha value is -0.610. The number of hydrogen-bond acceptors (Lipinski definition) is 3. The lowest BCUT2D eigenvalue weighted by atomic mass is 10.1. The number of halogens is 1. The van der Waals surface area contributed by atoms with Gasteiger partial charge < -0.3 is 9.64 Å². The number of aromatic nitrogens is 1. The quantitative estimate of drug-likeness (QED) is 0.771. The highest BCUT2D eigenvalue weighted by Crippen LogP contribution is 2.21. The van der Waals surface area contributed by atoms with Crippen molar-refractivity contribution in [2.75, 3.05) is 20.1 Å². The highest BCUT2D eigenvalue weighted by molar-refractivity contribution is 9.10. The predicted molar refractivity (Wildman–Crippen MR) is 63.0 cm³/mol. The molecule has 4 heteroatoms. The van der Waals surface area contributed by atoms with Gasteiger partial charge in [-0.25, -0.2) is 4.98 Å². The lowest BCUT2D eigenvalue weighted by Gasteiger charge is -2.16. The average Bonchev–Trinajstić information content (AvgIpc) is 2.45. The summed E-state index contributed by atoms with van der Waals surface area (Å²) in [5, 5.41) is 0. The first-order valence-corrected chi connectivity index (χ1v) is 5.92. The molecule has 1 aliphatic rings. The third-order valence-electron chi connectivity index (χ3n) is 2.69. The zero-order chi connectivity index (χ0) is 10.8. The maximum atomic E-state index is 5.86. The summed E-state index contributed by atoms with van der Waals surface area (Å²) in [4.78, 5) is 6.56. The Morgan fingerprint density at radius 1 is 1.47 bits per heavy atom. The van der Waals surface area contributed by atoms with Crippen molar-refractivity contribution in [3.8, 4) is 5.88 Å². The molecule has 2 heterocycles. The Labute approximate surface area is 98.6 Å². The van der Waals surface area contributed by atoms with Crippen molar-refractivity contribution in [1.29, 1.82) is 0 Å². The molecule has 0 aliphatic carbocycles. The van der Waals surface area contributed by atoms with Crippen LogP contribution in [0.1, 0.15) is 6.92 Å². The second-order valence-electron chi connectivity index (χ2n) is 4.15. The molecule has 0 amide bonds. The number of nitrogens with zero attached hydrogens (tertiary/aromatic N) is 2. The van der Waals surface area contributed by atoms with E-state index in [1.807, 2.05) is 18.2 Å². The van der Waals surface area contributed by atoms with Crippen molar-refractivity contribution in [2.24, 2.45) is 5.92 Å². The van der Waals surface area contributed by atoms with Crippen LogP contribution in [0, 0.1) is 5.92 Å². The Kier molecular flexibility index (Phi) is 3.26. The van der Waals surface area contributed by atoms with Gasteiger partial charge in [0.05, 0.1) is 0 Å². The fourth-order valence-corrected chi connectivity index (χ4v) is 2.26. The Bertz CT molecular complexity index is 345. The number of ether oxygens (including phenoxy) is 1. The van der Waals surface area contributed by atoms with Crippen molar-refractivity contribution >= 4 is 15.9 Å². The first kappa shape index (κ1) is 10.9. The molecule has 0 bridgehead atoms. The third-order valence-corrected chi connectivity index (χ3v) is 3.13. The van der Waals surface area contributed by atoms with E-state index < -0.39 is 0 Å². The molecule has 3 nitrogen and oxygen atoms in total. The van der Waals surface area contributed by atoms with E-state index in [9.17, 15) is 0 Å². The van der Waals surface area contributed by atoms with Gasteiger partial charge in [-0.15, -0.1) is 0 Å². The van der Waals surface area contributed by atoms with Gasteiger partial charge in [0.15, 0.2) is 0 Å². The number of rotatable bonds is 2. The molecule has 0 unspecified atom stereocenters. The van der Waals surface area contributed by atoms with Crippen molar-refractivity contribution in [2.45, 2.75) is 13.0 Å². The molecule has 2 atom stereocenters. The summed E-state index contributed by atoms with van der Waals surface area (Å²) in [6.07, 6.45) is 0.261. The average molecular weight is 271 g/mol. The van der Waals surface area contributed by atoms with Crippen LogP contribution in [0.2, 0.25) is 0 Å². The van der Waals surface area contributed by atoms with Crippen LogP contribution < -0.4 is 4.74 Å². The molecule has 1 aromatic rings. The molecule has 0 radical (unpaired) electrons. The third kappa shape index (κ3) is 2.69. The Morgan fingerprint density at radius 3 is 2.87 bits per heavy atom. The van der Waals surface area contributed by atoms with Crippen molar-refractivity contribution in [1.82, 2.24) is 9.88 Å². The first-order chi connectivity index (χ1) is 7.15. The van der Waals surface area contributed by atoms with Gasteiger partial charge in [-0.05, 0) is 29.0 Å². The molecular formula is C11H15BrN2O. The Morgan fingerprint density at radius 2 is 2.27 bits per heavy atom. The van der Waals surface area contributed by atoms with Crippen molar-refractivity contribution in [3.05, 3.63) is 22.8 Å². The molecule has 0 saturated carbocycles. The van der Waals surface area contributed by atoms with Crippen LogP contribution in [0.15, 0.2) is 22.8 Å². The van der Waals surface area contributed by atoms with E-state index in [-0.39, 0.29) is 6.10 Å². The second kappa shape index (κ2) is 4.49. The number of hydrogen-bond donors (Lipinski definition) is 0. The zero-order valence-electron chi connectivity index (χ0n) is 8.98. The zero-order valence-corrected chi connectivity index (χ0v) is 10.6. The highest BCUT2D eigenvalue weighted by Gasteiger charge is 2.29. The smallest absolute Gasteiger partial charge is 0.214 e. The monoisotopic (exact) mass is 270 g/mol. The van der Waals surface area contributed by atoms with E-state index in [1.165, 1.54) is 0 Å². The van der Waals surface area contributed by atoms with Gasteiger partial charge in [0.1, 0.15) is 10.7 Å². The van der Waals surface area contributed by atoms with Crippen molar-refractivity contribution < 1.29 is 4.74 Å². The van der Waals surface area contributed by atoms with Gasteiger partial charge in [0, 0.05) is 25.1 Å². The van der Waals surface area contributed by atoms with Crippen LogP contribution in [-0.2, 0) is 0 Å². The molecule has 0 spiro atoms. The highest BCUT2D eigenvalue weighted by atomic mass is 79.9. The van der Waals surface area contributed by atoms with Gasteiger partial charge in [-0.1, -0.05) is 13.0 Å². The van der Waals surface area contributed by atoms with E-state index >= 15 is 0 Å². The molecule has 82 valence electrons. The molecule has 1 aromatic heterocycles. The fraction of sp³-hybridized carbons (Fsp3) is 0.545. The largest absolute Gasteiger partial charge is 0.473 e. The second-order valence-corrected chi connectivity index (χ2v) is 4.97. The summed E-state index contributed by atoms with van der Waals surface area (Å²) in [7, 11) is 2.12. The van der Waals surface area contributed by atoms with Crippen LogP contribution >= 0.6 is 15.9 Å². The minimum atomic E-state index is 0.261. The maximum absolute atomic E-state index is 5.86. The first-order valence-electron chi connectivity index (χ1n) is 5.13. The van der Waals surface area contributed by atoms with Gasteiger partial charge in [-0.3, -0.25) is 0 Å². The summed E-state index contributed by atoms with van der Waals surface area (Å²) in [6.45, 7) is 4.29. The lowest BCUT2D eigenvalue weighted by molar-refractivity contribution is 0.169. The van der Waals surface area contributed by atoms with Crippen LogP contribution in [0.4, 0.5) is 0 Å². The van der Waals surface area contributed by atoms with E-state index in [2.05, 4.69) is 39.8 Å². The minimum absolute atomic E-state index is 0.261. The summed E-state index contributed by atoms with van der Waals surface area (Å²) in [5.41, 5.74) is 0. The molecule has 1 saturated heterocycles. The lowest BCUT2D eigenvalue weighted by Crippen LogP contribution is -2.25. The number of likely N-dealkylation sites (N-methyl/N-ethyl adjacent to an activating group) is 1. The predicted octanol–water partition coefficient (Wildman–Crippen LogP) is 2.17. The van der Waals surface area contributed by atoms with Crippen molar-refractivity contribution in [3.63, 3.8) is 0 Å². The van der Waals surface area contributed by atoms with E-state index in [0.717, 1.165) is 17.7 Å². The SMILES string of the molecule is C[C@@H]1CN(C)C[C@H]1Oc1cccc(Br)n1. The molecular weight excluding hydrogens is 256 g/mol. The standard InChI is InChI=1S/C11H15BrN2O/c1-8-6-14(2)7-9(8)15-11-5-3-4-10(12)13-11/h3-5,8-9H,6-7H2,1-2H3/t8-,9-/m1/s1. The van der Waals surface area contributed by atoms with Crippen LogP contribution in [-0.4, -0.2) is 36.1 Å². The topological polar surface area (TPSA) is 25.4 Å². The number of pyridine rings is 1. The van der Waals surface area contributed by atoms with Crippen LogP contribution in [0.5, 0.6) is 5.88 Å². The number of likely N-dealkylation sites (tertiary alicyclic amines) is 1. The summed E-state index contributed by atoms with van der Waals surface area (Å²) in [6, 6.07) is 5.74. The van der Waals surface area contributed by atoms with E-state index in [0.29, 0.717) is 11.8 Å². The molecule has 1 aliphatic heterocycles. The normalized spacial score (nSPS) is 26.9. The molecule has 0 aromatic carbocycles. The van der Waals surface area contributed by atoms with E-state index in [1.54, 1.807) is 0 Å². The van der Waals surface area contributed by atoms with Crippen LogP contribution in [0.3, 0.4) is 0 Å². The molecule has 1 fully saturated rings. The molecule has 0 N–H and O–H groups in total. The van der Waals surface area contributed by atoms with Gasteiger partial charge in [-0.2, -0.15) is 0 Å². The van der Waals surface area contributed by atoms with Gasteiger partial charge in [0.2, 0.25) is 5.88 Å². The minimum Gasteiger partial charge on any atom is -0.473 e. The van der Waals surface area contributed by atoms with Gasteiger partial charge >= 0.3 is 0 Å². The Balaban J connectivity index is 2.03. The summed E-state index contributed by atoms with van der Waals surface area (Å²) < 4.78 is 6.67. The molecule has 15 heavy (non-hydrogen) atoms. The maximum Gasteiger partial charge on any atom is 0.214 e. The summed E-state index contributed by atoms with van der Waals surface area (Å²) in [5.74, 6) is 1.27. The fourth-order valence-electron chi connectivity index (χ4n) is 1.93. The summed E-state index contributed by atoms with van der Waals surface area (Å²) >= 11 is 3.34.